The Morgan fingerprint density at radius 2 is 0.558 bits per heavy atom. The molecule has 0 N–H and O–H groups in total. The second-order valence-electron chi connectivity index (χ2n) is 13.4. The molecule has 244 valence electrons. The van der Waals surface area contributed by atoms with Crippen LogP contribution in [-0.4, -0.2) is 4.68 Å². The van der Waals surface area contributed by atoms with Gasteiger partial charge in [-0.15, -0.1) is 4.59 Å². The van der Waals surface area contributed by atoms with Gasteiger partial charge in [0.05, 0.1) is 0 Å². The van der Waals surface area contributed by atoms with Crippen LogP contribution < -0.4 is 4.59 Å². The third-order valence-electron chi connectivity index (χ3n) is 10.6. The van der Waals surface area contributed by atoms with Crippen LogP contribution in [0.4, 0.5) is 17.1 Å². The highest BCUT2D eigenvalue weighted by atomic mass is 15.7. The van der Waals surface area contributed by atoms with Gasteiger partial charge in [-0.3, -0.25) is 0 Å². The largest absolute Gasteiger partial charge is 0.176 e. The number of benzene rings is 9. The van der Waals surface area contributed by atoms with Crippen molar-refractivity contribution in [1.82, 2.24) is 9.27 Å². The minimum absolute atomic E-state index is 0.366. The average molecular weight is 664 g/mol. The fourth-order valence-corrected chi connectivity index (χ4v) is 8.51. The van der Waals surface area contributed by atoms with E-state index in [1.54, 1.807) is 0 Å². The number of aromatic nitrogens is 1. The molecule has 2 heteroatoms. The fourth-order valence-electron chi connectivity index (χ4n) is 8.51. The maximum absolute atomic E-state index is 2.52. The molecule has 0 radical (unpaired) electrons. The molecular formula is C50H35N2+. The van der Waals surface area contributed by atoms with Gasteiger partial charge >= 0.3 is 0 Å². The first-order valence-corrected chi connectivity index (χ1v) is 17.9. The zero-order chi connectivity index (χ0) is 34.5. The lowest BCUT2D eigenvalue weighted by Crippen LogP contribution is -2.44. The average Bonchev–Trinajstić information content (AvgIpc) is 3.56. The van der Waals surface area contributed by atoms with Crippen LogP contribution >= 0.6 is 0 Å². The summed E-state index contributed by atoms with van der Waals surface area (Å²) in [5.41, 5.74) is 10.7. The molecule has 10 aromatic rings. The summed E-state index contributed by atoms with van der Waals surface area (Å²) in [6.07, 6.45) is 0. The smallest absolute Gasteiger partial charge is 0.168 e. The van der Waals surface area contributed by atoms with Gasteiger partial charge in [-0.05, 0) is 68.1 Å². The highest BCUT2D eigenvalue weighted by Crippen LogP contribution is 2.50. The molecule has 0 spiro atoms. The zero-order valence-electron chi connectivity index (χ0n) is 28.6. The zero-order valence-corrected chi connectivity index (χ0v) is 28.6. The summed E-state index contributed by atoms with van der Waals surface area (Å²) >= 11 is 0. The van der Waals surface area contributed by atoms with Gasteiger partial charge in [-0.2, -0.15) is 4.68 Å². The minimum Gasteiger partial charge on any atom is -0.176 e. The molecule has 0 atom stereocenters. The van der Waals surface area contributed by atoms with E-state index < -0.39 is 0 Å². The third kappa shape index (κ3) is 4.48. The van der Waals surface area contributed by atoms with E-state index in [2.05, 4.69) is 217 Å². The van der Waals surface area contributed by atoms with Crippen molar-refractivity contribution in [2.75, 3.05) is 0 Å². The van der Waals surface area contributed by atoms with E-state index in [1.165, 1.54) is 65.6 Å². The summed E-state index contributed by atoms with van der Waals surface area (Å²) in [4.78, 5) is 0. The molecule has 52 heavy (non-hydrogen) atoms. The van der Waals surface area contributed by atoms with E-state index in [0.717, 1.165) is 17.1 Å². The Bertz CT molecular complexity index is 2720. The molecule has 10 rings (SSSR count). The van der Waals surface area contributed by atoms with Crippen molar-refractivity contribution < 1.29 is 0 Å². The maximum Gasteiger partial charge on any atom is 0.168 e. The van der Waals surface area contributed by atoms with Gasteiger partial charge in [-0.1, -0.05) is 152 Å². The van der Waals surface area contributed by atoms with E-state index >= 15 is 0 Å². The van der Waals surface area contributed by atoms with Gasteiger partial charge in [0.2, 0.25) is 0 Å². The van der Waals surface area contributed by atoms with E-state index in [1.807, 2.05) is 0 Å². The number of nitrogens with zero attached hydrogens (tertiary/aromatic N) is 2. The van der Waals surface area contributed by atoms with Gasteiger partial charge in [0.15, 0.2) is 17.1 Å². The van der Waals surface area contributed by atoms with Gasteiger partial charge in [0, 0.05) is 47.2 Å². The van der Waals surface area contributed by atoms with E-state index in [9.17, 15) is 0 Å². The number of hydrogen-bond donors (Lipinski definition) is 0. The second kappa shape index (κ2) is 12.2. The van der Waals surface area contributed by atoms with Crippen molar-refractivity contribution in [3.8, 4) is 22.3 Å². The van der Waals surface area contributed by atoms with Crippen LogP contribution in [0.25, 0.3) is 65.6 Å². The van der Waals surface area contributed by atoms with E-state index in [0.29, 0.717) is 4.59 Å². The number of rotatable bonds is 6. The van der Waals surface area contributed by atoms with Crippen LogP contribution in [0.3, 0.4) is 0 Å². The molecule has 0 bridgehead atoms. The Balaban J connectivity index is 1.29. The van der Waals surface area contributed by atoms with Gasteiger partial charge in [0.25, 0.3) is 0 Å². The van der Waals surface area contributed by atoms with Crippen LogP contribution in [0.5, 0.6) is 0 Å². The molecule has 0 unspecified atom stereocenters. The van der Waals surface area contributed by atoms with Crippen molar-refractivity contribution in [3.63, 3.8) is 0 Å². The van der Waals surface area contributed by atoms with Crippen LogP contribution in [0.1, 0.15) is 0 Å². The van der Waals surface area contributed by atoms with E-state index in [-0.39, 0.29) is 0 Å². The monoisotopic (exact) mass is 663 g/mol. The Morgan fingerprint density at radius 1 is 0.250 bits per heavy atom. The van der Waals surface area contributed by atoms with Crippen molar-refractivity contribution in [1.29, 1.82) is 0 Å². The van der Waals surface area contributed by atoms with E-state index in [4.69, 9.17) is 0 Å². The Hall–Kier alpha value is -6.74. The lowest BCUT2D eigenvalue weighted by atomic mass is 9.86. The molecule has 0 aliphatic rings. The number of para-hydroxylation sites is 4. The SMILES string of the molecule is c1ccc(-c2c3ccccc3c(-c3ccc([N+](c4ccccc4)(c4ccccc4)n4c5ccccc5c5ccccc54)cc3)c3ccccc23)cc1. The topological polar surface area (TPSA) is 4.93 Å². The molecule has 1 heterocycles. The number of hydrogen-bond acceptors (Lipinski definition) is 0. The minimum atomic E-state index is 0.366. The summed E-state index contributed by atoms with van der Waals surface area (Å²) in [5.74, 6) is 0. The van der Waals surface area contributed by atoms with Crippen LogP contribution in [0.15, 0.2) is 212 Å². The van der Waals surface area contributed by atoms with Crippen LogP contribution in [0, 0.1) is 0 Å². The van der Waals surface area contributed by atoms with Gasteiger partial charge in [-0.25, -0.2) is 0 Å². The van der Waals surface area contributed by atoms with Crippen molar-refractivity contribution in [3.05, 3.63) is 212 Å². The summed E-state index contributed by atoms with van der Waals surface area (Å²) in [7, 11) is 0. The molecule has 0 amide bonds. The lowest BCUT2D eigenvalue weighted by molar-refractivity contribution is 0.446. The number of fused-ring (bicyclic) bond motifs is 5. The number of quaternary nitrogens is 1. The summed E-state index contributed by atoms with van der Waals surface area (Å²) in [6, 6.07) is 77.4. The standard InChI is InChI=1S/C50H35N2/c1-4-18-36(19-5-1)49-43-26-10-12-28-45(43)50(46-29-13-11-27-44(46)49)37-32-34-40(35-33-37)52(38-20-6-2-7-21-38,39-22-8-3-9-23-39)51-47-30-16-14-24-41(47)42-25-15-17-31-48(42)51/h1-35H/q+1. The quantitative estimate of drug-likeness (QED) is 0.123. The molecular weight excluding hydrogens is 629 g/mol. The highest BCUT2D eigenvalue weighted by molar-refractivity contribution is 6.21. The fraction of sp³-hybridized carbons (Fsp3) is 0. The van der Waals surface area contributed by atoms with Crippen molar-refractivity contribution in [2.45, 2.75) is 0 Å². The summed E-state index contributed by atoms with van der Waals surface area (Å²) in [5, 5.41) is 7.50. The molecule has 0 saturated carbocycles. The first-order valence-electron chi connectivity index (χ1n) is 17.9. The molecule has 0 fully saturated rings. The molecule has 0 aliphatic heterocycles. The van der Waals surface area contributed by atoms with Crippen LogP contribution in [-0.2, 0) is 0 Å². The summed E-state index contributed by atoms with van der Waals surface area (Å²) in [6.45, 7) is 0. The Labute approximate surface area is 303 Å². The first-order chi connectivity index (χ1) is 25.8. The maximum atomic E-state index is 2.52. The third-order valence-corrected chi connectivity index (χ3v) is 10.6. The molecule has 0 saturated heterocycles. The molecule has 2 nitrogen and oxygen atoms in total. The lowest BCUT2D eigenvalue weighted by Gasteiger charge is -2.38. The summed E-state index contributed by atoms with van der Waals surface area (Å²) < 4.78 is 2.88. The highest BCUT2D eigenvalue weighted by Gasteiger charge is 2.41. The molecule has 9 aromatic carbocycles. The Morgan fingerprint density at radius 3 is 0.981 bits per heavy atom. The molecule has 0 aliphatic carbocycles. The van der Waals surface area contributed by atoms with Crippen molar-refractivity contribution >= 4 is 60.4 Å². The Kier molecular flexibility index (Phi) is 7.09. The van der Waals surface area contributed by atoms with Crippen LogP contribution in [0.2, 0.25) is 0 Å². The predicted octanol–water partition coefficient (Wildman–Crippen LogP) is 13.9. The van der Waals surface area contributed by atoms with Gasteiger partial charge < -0.3 is 0 Å². The second-order valence-corrected chi connectivity index (χ2v) is 13.4. The molecule has 1 aromatic heterocycles. The van der Waals surface area contributed by atoms with Crippen molar-refractivity contribution in [2.24, 2.45) is 0 Å². The van der Waals surface area contributed by atoms with Gasteiger partial charge in [0.1, 0.15) is 11.0 Å². The normalized spacial score (nSPS) is 11.8. The predicted molar refractivity (Wildman–Crippen MR) is 221 cm³/mol. The first kappa shape index (κ1) is 30.1.